The van der Waals surface area contributed by atoms with E-state index in [4.69, 9.17) is 9.84 Å². The number of nitrogens with zero attached hydrogens (tertiary/aromatic N) is 2. The Balaban J connectivity index is 1.37. The fraction of sp³-hybridized carbons (Fsp3) is 0.429. The van der Waals surface area contributed by atoms with Crippen LogP contribution in [0.4, 0.5) is 0 Å². The summed E-state index contributed by atoms with van der Waals surface area (Å²) in [6, 6.07) is 10.1. The molecule has 3 aromatic rings. The Morgan fingerprint density at radius 1 is 1.22 bits per heavy atom. The predicted molar refractivity (Wildman–Crippen MR) is 104 cm³/mol. The number of ether oxygens (including phenoxy) is 1. The van der Waals surface area contributed by atoms with Crippen molar-refractivity contribution in [1.82, 2.24) is 20.1 Å². The summed E-state index contributed by atoms with van der Waals surface area (Å²) in [5.74, 6) is 0. The van der Waals surface area contributed by atoms with E-state index in [9.17, 15) is 4.79 Å². The minimum Gasteiger partial charge on any atom is -0.377 e. The van der Waals surface area contributed by atoms with Crippen LogP contribution in [0.25, 0.3) is 10.9 Å². The molecule has 0 saturated carbocycles. The lowest BCUT2D eigenvalue weighted by atomic mass is 9.97. The molecule has 140 valence electrons. The van der Waals surface area contributed by atoms with Gasteiger partial charge < -0.3 is 15.0 Å². The Hall–Kier alpha value is -2.44. The summed E-state index contributed by atoms with van der Waals surface area (Å²) in [7, 11) is 0. The molecule has 2 unspecified atom stereocenters. The van der Waals surface area contributed by atoms with Crippen LogP contribution < -0.4 is 10.9 Å². The Kier molecular flexibility index (Phi) is 4.30. The van der Waals surface area contributed by atoms with Gasteiger partial charge in [0.2, 0.25) is 0 Å². The second-order valence-electron chi connectivity index (χ2n) is 7.56. The number of aryl methyl sites for hydroxylation is 2. The van der Waals surface area contributed by atoms with E-state index < -0.39 is 0 Å². The van der Waals surface area contributed by atoms with Crippen molar-refractivity contribution in [3.05, 3.63) is 63.7 Å². The molecule has 27 heavy (non-hydrogen) atoms. The van der Waals surface area contributed by atoms with E-state index in [1.165, 1.54) is 10.9 Å². The number of fused-ring (bicyclic) bond motifs is 2. The van der Waals surface area contributed by atoms with Crippen molar-refractivity contribution in [2.24, 2.45) is 0 Å². The van der Waals surface area contributed by atoms with E-state index in [1.54, 1.807) is 10.7 Å². The maximum Gasteiger partial charge on any atom is 0.267 e. The molecular weight excluding hydrogens is 340 g/mol. The maximum atomic E-state index is 12.6. The Morgan fingerprint density at radius 2 is 2.11 bits per heavy atom. The molecule has 6 nitrogen and oxygen atoms in total. The van der Waals surface area contributed by atoms with Crippen LogP contribution in [0.1, 0.15) is 35.7 Å². The van der Waals surface area contributed by atoms with Crippen molar-refractivity contribution >= 4 is 10.9 Å². The van der Waals surface area contributed by atoms with Crippen LogP contribution in [0.5, 0.6) is 0 Å². The van der Waals surface area contributed by atoms with Crippen LogP contribution in [-0.4, -0.2) is 34.0 Å². The summed E-state index contributed by atoms with van der Waals surface area (Å²) in [4.78, 5) is 16.0. The van der Waals surface area contributed by atoms with Crippen LogP contribution >= 0.6 is 0 Å². The highest BCUT2D eigenvalue weighted by atomic mass is 16.5. The van der Waals surface area contributed by atoms with Gasteiger partial charge in [-0.05, 0) is 42.9 Å². The van der Waals surface area contributed by atoms with Gasteiger partial charge in [-0.15, -0.1) is 0 Å². The average molecular weight is 364 g/mol. The third kappa shape index (κ3) is 3.09. The number of para-hydroxylation sites is 1. The van der Waals surface area contributed by atoms with Crippen LogP contribution in [0, 0.1) is 0 Å². The zero-order valence-electron chi connectivity index (χ0n) is 15.3. The van der Waals surface area contributed by atoms with Gasteiger partial charge in [-0.1, -0.05) is 18.2 Å². The minimum atomic E-state index is -0.0602. The van der Waals surface area contributed by atoms with Crippen LogP contribution in [0.2, 0.25) is 0 Å². The standard InChI is InChI=1S/C21H24N4O2/c26-21-9-14-5-1-3-7-17(14)24-25(21)20-13-27-12-19(20)23-11-15-10-22-18-8-4-2-6-16(15)18/h2,4,6,8-10,19-20,22-23H,1,3,5,7,11-13H2. The summed E-state index contributed by atoms with van der Waals surface area (Å²) < 4.78 is 7.37. The average Bonchev–Trinajstić information content (AvgIpc) is 3.32. The molecule has 1 aliphatic heterocycles. The first-order chi connectivity index (χ1) is 13.3. The highest BCUT2D eigenvalue weighted by Gasteiger charge is 2.31. The molecule has 1 saturated heterocycles. The number of nitrogens with one attached hydrogen (secondary N) is 2. The van der Waals surface area contributed by atoms with Gasteiger partial charge in [0, 0.05) is 29.7 Å². The fourth-order valence-electron chi connectivity index (χ4n) is 4.31. The smallest absolute Gasteiger partial charge is 0.267 e. The summed E-state index contributed by atoms with van der Waals surface area (Å²) in [6.07, 6.45) is 6.30. The van der Waals surface area contributed by atoms with E-state index in [0.29, 0.717) is 13.2 Å². The van der Waals surface area contributed by atoms with Crippen molar-refractivity contribution in [2.75, 3.05) is 13.2 Å². The summed E-state index contributed by atoms with van der Waals surface area (Å²) in [5.41, 5.74) is 4.57. The molecule has 2 aliphatic rings. The van der Waals surface area contributed by atoms with Gasteiger partial charge in [0.1, 0.15) is 0 Å². The third-order valence-electron chi connectivity index (χ3n) is 5.83. The molecule has 1 aliphatic carbocycles. The molecule has 2 atom stereocenters. The second-order valence-corrected chi connectivity index (χ2v) is 7.56. The molecule has 0 radical (unpaired) electrons. The largest absolute Gasteiger partial charge is 0.377 e. The summed E-state index contributed by atoms with van der Waals surface area (Å²) in [5, 5.41) is 9.53. The van der Waals surface area contributed by atoms with Crippen LogP contribution in [0.3, 0.4) is 0 Å². The minimum absolute atomic E-state index is 0.00922. The lowest BCUT2D eigenvalue weighted by Gasteiger charge is -2.23. The lowest BCUT2D eigenvalue weighted by molar-refractivity contribution is 0.180. The molecule has 0 spiro atoms. The zero-order valence-corrected chi connectivity index (χ0v) is 15.3. The van der Waals surface area contributed by atoms with Gasteiger partial charge in [-0.2, -0.15) is 5.10 Å². The SMILES string of the molecule is O=c1cc2c(nn1C1COCC1NCc1c[nH]c3ccccc13)CCCC2. The normalized spacial score (nSPS) is 22.2. The number of hydrogen-bond acceptors (Lipinski definition) is 4. The highest BCUT2D eigenvalue weighted by molar-refractivity contribution is 5.82. The van der Waals surface area contributed by atoms with Crippen molar-refractivity contribution in [3.63, 3.8) is 0 Å². The fourth-order valence-corrected chi connectivity index (χ4v) is 4.31. The lowest BCUT2D eigenvalue weighted by Crippen LogP contribution is -2.41. The van der Waals surface area contributed by atoms with E-state index in [0.717, 1.165) is 49.0 Å². The number of hydrogen-bond donors (Lipinski definition) is 2. The van der Waals surface area contributed by atoms with Crippen molar-refractivity contribution < 1.29 is 4.74 Å². The van der Waals surface area contributed by atoms with Crippen molar-refractivity contribution in [2.45, 2.75) is 44.3 Å². The van der Waals surface area contributed by atoms with E-state index >= 15 is 0 Å². The Labute approximate surface area is 157 Å². The highest BCUT2D eigenvalue weighted by Crippen LogP contribution is 2.23. The predicted octanol–water partition coefficient (Wildman–Crippen LogP) is 2.33. The van der Waals surface area contributed by atoms with Gasteiger partial charge >= 0.3 is 0 Å². The van der Waals surface area contributed by atoms with E-state index in [1.807, 2.05) is 12.3 Å². The quantitative estimate of drug-likeness (QED) is 0.745. The van der Waals surface area contributed by atoms with Gasteiger partial charge in [0.25, 0.3) is 5.56 Å². The van der Waals surface area contributed by atoms with Crippen molar-refractivity contribution in [1.29, 1.82) is 0 Å². The topological polar surface area (TPSA) is 71.9 Å². The third-order valence-corrected chi connectivity index (χ3v) is 5.83. The van der Waals surface area contributed by atoms with Crippen LogP contribution in [0.15, 0.2) is 41.3 Å². The molecule has 2 aromatic heterocycles. The molecule has 1 aromatic carbocycles. The number of H-pyrrole nitrogens is 1. The molecule has 2 N–H and O–H groups in total. The first-order valence-corrected chi connectivity index (χ1v) is 9.77. The van der Waals surface area contributed by atoms with Gasteiger partial charge in [0.05, 0.1) is 31.0 Å². The summed E-state index contributed by atoms with van der Waals surface area (Å²) in [6.45, 7) is 1.85. The molecule has 1 fully saturated rings. The monoisotopic (exact) mass is 364 g/mol. The maximum absolute atomic E-state index is 12.6. The first-order valence-electron chi connectivity index (χ1n) is 9.77. The number of aromatic nitrogens is 3. The van der Waals surface area contributed by atoms with E-state index in [2.05, 4.69) is 28.5 Å². The Bertz CT molecular complexity index is 1020. The van der Waals surface area contributed by atoms with Gasteiger partial charge in [0.15, 0.2) is 0 Å². The second kappa shape index (κ2) is 6.94. The van der Waals surface area contributed by atoms with Gasteiger partial charge in [-0.3, -0.25) is 4.79 Å². The molecular formula is C21H24N4O2. The van der Waals surface area contributed by atoms with Crippen LogP contribution in [-0.2, 0) is 24.1 Å². The zero-order chi connectivity index (χ0) is 18.2. The Morgan fingerprint density at radius 3 is 3.07 bits per heavy atom. The van der Waals surface area contributed by atoms with E-state index in [-0.39, 0.29) is 17.6 Å². The molecule has 6 heteroatoms. The molecule has 0 amide bonds. The van der Waals surface area contributed by atoms with Gasteiger partial charge in [-0.25, -0.2) is 4.68 Å². The number of aromatic amines is 1. The van der Waals surface area contributed by atoms with Crippen molar-refractivity contribution in [3.8, 4) is 0 Å². The number of rotatable bonds is 4. The summed E-state index contributed by atoms with van der Waals surface area (Å²) >= 11 is 0. The molecule has 0 bridgehead atoms. The first kappa shape index (κ1) is 16.7. The number of benzene rings is 1. The molecule has 3 heterocycles. The molecule has 5 rings (SSSR count).